The van der Waals surface area contributed by atoms with E-state index < -0.39 is 0 Å². The number of likely N-dealkylation sites (tertiary alicyclic amines) is 1. The van der Waals surface area contributed by atoms with E-state index in [1.165, 1.54) is 4.90 Å². The van der Waals surface area contributed by atoms with E-state index in [9.17, 15) is 14.4 Å². The van der Waals surface area contributed by atoms with Crippen molar-refractivity contribution in [1.29, 1.82) is 0 Å². The smallest absolute Gasteiger partial charge is 0.259 e. The molecule has 0 aromatic heterocycles. The number of hydrogen-bond acceptors (Lipinski definition) is 3. The maximum Gasteiger partial charge on any atom is 0.259 e. The molecule has 3 fully saturated rings. The topological polar surface area (TPSA) is 57.7 Å². The lowest BCUT2D eigenvalue weighted by Gasteiger charge is -2.37. The predicted molar refractivity (Wildman–Crippen MR) is 133 cm³/mol. The highest BCUT2D eigenvalue weighted by Crippen LogP contribution is 2.65. The number of amides is 3. The summed E-state index contributed by atoms with van der Waals surface area (Å²) in [6.07, 6.45) is 5.47. The number of allylic oxidation sites excluding steroid dienone is 2. The van der Waals surface area contributed by atoms with E-state index in [0.29, 0.717) is 23.1 Å². The van der Waals surface area contributed by atoms with Gasteiger partial charge in [0.15, 0.2) is 0 Å². The Morgan fingerprint density at radius 3 is 2.00 bits per heavy atom. The lowest BCUT2D eigenvalue weighted by Crippen LogP contribution is -2.45. The van der Waals surface area contributed by atoms with Crippen molar-refractivity contribution in [3.05, 3.63) is 75.3 Å². The van der Waals surface area contributed by atoms with Crippen LogP contribution < -0.4 is 4.90 Å². The fraction of sp³-hybridized carbons (Fsp3) is 0.393. The average molecular weight is 519 g/mol. The maximum absolute atomic E-state index is 13.7. The van der Waals surface area contributed by atoms with Crippen molar-refractivity contribution < 1.29 is 14.4 Å². The summed E-state index contributed by atoms with van der Waals surface area (Å²) in [7, 11) is 0. The molecule has 4 aliphatic carbocycles. The Kier molecular flexibility index (Phi) is 4.89. The number of aryl methyl sites for hydroxylation is 3. The van der Waals surface area contributed by atoms with E-state index in [2.05, 4.69) is 28.1 Å². The Morgan fingerprint density at radius 2 is 1.47 bits per heavy atom. The molecule has 174 valence electrons. The van der Waals surface area contributed by atoms with Crippen LogP contribution in [0.15, 0.2) is 53.0 Å². The SMILES string of the molecule is Cc1ccc(C(=O)N(CN2C(=O)C3C4C=CC(C5CC45)C3C2=O)c2cc(C)c(Br)c(C)c2)cc1. The minimum Gasteiger partial charge on any atom is -0.290 e. The van der Waals surface area contributed by atoms with E-state index in [-0.39, 0.29) is 48.1 Å². The first kappa shape index (κ1) is 21.8. The molecular formula is C28H27BrN2O3. The van der Waals surface area contributed by atoms with Gasteiger partial charge in [0.05, 0.1) is 11.8 Å². The fourth-order valence-corrected chi connectivity index (χ4v) is 6.72. The van der Waals surface area contributed by atoms with Crippen molar-refractivity contribution >= 4 is 39.3 Å². The zero-order valence-electron chi connectivity index (χ0n) is 19.5. The molecule has 2 saturated carbocycles. The van der Waals surface area contributed by atoms with Gasteiger partial charge < -0.3 is 0 Å². The number of rotatable bonds is 4. The largest absolute Gasteiger partial charge is 0.290 e. The summed E-state index contributed by atoms with van der Waals surface area (Å²) in [5, 5.41) is 0. The summed E-state index contributed by atoms with van der Waals surface area (Å²) in [6, 6.07) is 11.3. The van der Waals surface area contributed by atoms with Gasteiger partial charge in [-0.25, -0.2) is 0 Å². The first-order valence-corrected chi connectivity index (χ1v) is 12.7. The van der Waals surface area contributed by atoms with E-state index in [1.54, 1.807) is 17.0 Å². The number of anilines is 1. The second-order valence-electron chi connectivity index (χ2n) is 10.4. The molecule has 6 heteroatoms. The van der Waals surface area contributed by atoms with Gasteiger partial charge in [0, 0.05) is 15.7 Å². The van der Waals surface area contributed by atoms with Crippen LogP contribution in [-0.4, -0.2) is 29.3 Å². The second kappa shape index (κ2) is 7.64. The quantitative estimate of drug-likeness (QED) is 0.421. The highest BCUT2D eigenvalue weighted by molar-refractivity contribution is 9.10. The Bertz CT molecular complexity index is 1210. The van der Waals surface area contributed by atoms with Gasteiger partial charge in [-0.1, -0.05) is 45.8 Å². The number of carbonyl (C=O) groups is 3. The van der Waals surface area contributed by atoms with Crippen LogP contribution in [0.25, 0.3) is 0 Å². The van der Waals surface area contributed by atoms with Crippen LogP contribution >= 0.6 is 15.9 Å². The van der Waals surface area contributed by atoms with Crippen molar-refractivity contribution in [3.63, 3.8) is 0 Å². The van der Waals surface area contributed by atoms with Gasteiger partial charge in [-0.3, -0.25) is 24.2 Å². The third-order valence-electron chi connectivity index (χ3n) is 8.31. The van der Waals surface area contributed by atoms with Crippen molar-refractivity contribution in [2.45, 2.75) is 27.2 Å². The van der Waals surface area contributed by atoms with Crippen LogP contribution in [0.4, 0.5) is 5.69 Å². The molecule has 1 aliphatic heterocycles. The van der Waals surface area contributed by atoms with Gasteiger partial charge in [-0.2, -0.15) is 0 Å². The molecule has 6 atom stereocenters. The van der Waals surface area contributed by atoms with Gasteiger partial charge in [-0.15, -0.1) is 0 Å². The molecule has 2 aromatic carbocycles. The Labute approximate surface area is 207 Å². The number of halogens is 1. The van der Waals surface area contributed by atoms with Crippen LogP contribution in [0.2, 0.25) is 0 Å². The molecule has 2 bridgehead atoms. The molecule has 0 radical (unpaired) electrons. The molecule has 1 heterocycles. The van der Waals surface area contributed by atoms with Crippen molar-refractivity contribution in [1.82, 2.24) is 4.90 Å². The van der Waals surface area contributed by atoms with Crippen LogP contribution in [0.3, 0.4) is 0 Å². The lowest BCUT2D eigenvalue weighted by atomic mass is 9.63. The molecule has 1 saturated heterocycles. The monoisotopic (exact) mass is 518 g/mol. The normalized spacial score (nSPS) is 30.4. The van der Waals surface area contributed by atoms with E-state index in [0.717, 1.165) is 27.6 Å². The Hall–Kier alpha value is -2.73. The molecule has 7 rings (SSSR count). The third kappa shape index (κ3) is 3.14. The third-order valence-corrected chi connectivity index (χ3v) is 9.56. The summed E-state index contributed by atoms with van der Waals surface area (Å²) in [6.45, 7) is 5.87. The van der Waals surface area contributed by atoms with Crippen molar-refractivity contribution in [2.24, 2.45) is 35.5 Å². The fourth-order valence-electron chi connectivity index (χ4n) is 6.49. The highest BCUT2D eigenvalue weighted by Gasteiger charge is 2.67. The standard InChI is InChI=1S/C28H27BrN2O3/c1-14-4-6-17(7-5-14)26(32)30(18-10-15(2)25(29)16(3)11-18)13-31-27(33)23-19-8-9-20(22-12-21(19)22)24(23)28(31)34/h4-11,19-24H,12-13H2,1-3H3. The second-order valence-corrected chi connectivity index (χ2v) is 11.2. The Balaban J connectivity index is 1.37. The van der Waals surface area contributed by atoms with Gasteiger partial charge in [0.1, 0.15) is 6.67 Å². The number of hydrogen-bond donors (Lipinski definition) is 0. The molecule has 6 unspecified atom stereocenters. The van der Waals surface area contributed by atoms with Crippen molar-refractivity contribution in [3.8, 4) is 0 Å². The molecule has 34 heavy (non-hydrogen) atoms. The number of nitrogens with zero attached hydrogens (tertiary/aromatic N) is 2. The lowest BCUT2D eigenvalue weighted by molar-refractivity contribution is -0.140. The van der Waals surface area contributed by atoms with Gasteiger partial charge in [0.25, 0.3) is 5.91 Å². The number of imide groups is 1. The first-order valence-electron chi connectivity index (χ1n) is 11.9. The minimum absolute atomic E-state index is 0.0628. The Morgan fingerprint density at radius 1 is 0.941 bits per heavy atom. The molecule has 2 aromatic rings. The van der Waals surface area contributed by atoms with Crippen LogP contribution in [-0.2, 0) is 9.59 Å². The van der Waals surface area contributed by atoms with E-state index in [4.69, 9.17) is 0 Å². The van der Waals surface area contributed by atoms with Crippen LogP contribution in [0.5, 0.6) is 0 Å². The minimum atomic E-state index is -0.268. The van der Waals surface area contributed by atoms with Crippen molar-refractivity contribution in [2.75, 3.05) is 11.6 Å². The summed E-state index contributed by atoms with van der Waals surface area (Å²) in [4.78, 5) is 43.8. The first-order chi connectivity index (χ1) is 16.3. The number of carbonyl (C=O) groups excluding carboxylic acids is 3. The van der Waals surface area contributed by atoms with Crippen LogP contribution in [0.1, 0.15) is 33.5 Å². The summed E-state index contributed by atoms with van der Waals surface area (Å²) >= 11 is 3.60. The van der Waals surface area contributed by atoms with Gasteiger partial charge in [0.2, 0.25) is 11.8 Å². The summed E-state index contributed by atoms with van der Waals surface area (Å²) < 4.78 is 0.986. The molecule has 5 aliphatic rings. The maximum atomic E-state index is 13.7. The zero-order chi connectivity index (χ0) is 23.9. The average Bonchev–Trinajstić information content (AvgIpc) is 3.60. The molecule has 0 spiro atoms. The molecule has 3 amide bonds. The van der Waals surface area contributed by atoms with Gasteiger partial charge in [-0.05, 0) is 86.3 Å². The number of benzene rings is 2. The zero-order valence-corrected chi connectivity index (χ0v) is 21.1. The predicted octanol–water partition coefficient (Wildman–Crippen LogP) is 5.03. The summed E-state index contributed by atoms with van der Waals surface area (Å²) in [5.41, 5.74) is 4.26. The molecule has 5 nitrogen and oxygen atoms in total. The molecule has 0 N–H and O–H groups in total. The van der Waals surface area contributed by atoms with E-state index in [1.807, 2.05) is 45.0 Å². The van der Waals surface area contributed by atoms with Crippen LogP contribution in [0, 0.1) is 56.3 Å². The summed E-state index contributed by atoms with van der Waals surface area (Å²) in [5.74, 6) is 0.441. The molecular weight excluding hydrogens is 492 g/mol. The van der Waals surface area contributed by atoms with Gasteiger partial charge >= 0.3 is 0 Å². The van der Waals surface area contributed by atoms with E-state index >= 15 is 0 Å². The highest BCUT2D eigenvalue weighted by atomic mass is 79.9.